The van der Waals surface area contributed by atoms with Gasteiger partial charge in [0, 0.05) is 84.3 Å². The maximum atomic E-state index is 13.2. The minimum absolute atomic E-state index is 0.0142. The van der Waals surface area contributed by atoms with Crippen LogP contribution in [0, 0.1) is 11.3 Å². The average Bonchev–Trinajstić information content (AvgIpc) is 1.62. The molecular formula is C81H85F9N12O9. The second-order valence-electron chi connectivity index (χ2n) is 29.4. The number of imidazole rings is 3. The molecule has 10 aromatic rings. The number of likely N-dealkylation sites (tertiary alicyclic amines) is 2. The molecule has 0 spiro atoms. The number of piperidine rings is 1. The lowest BCUT2D eigenvalue weighted by Crippen LogP contribution is -2.33. The molecule has 586 valence electrons. The van der Waals surface area contributed by atoms with Crippen molar-refractivity contribution in [1.29, 1.82) is 0 Å². The van der Waals surface area contributed by atoms with Crippen LogP contribution in [-0.2, 0) is 34.7 Å². The van der Waals surface area contributed by atoms with E-state index in [0.717, 1.165) is 105 Å². The number of aliphatic hydroxyl groups is 2. The number of aromatic nitrogens is 6. The normalized spacial score (nSPS) is 17.9. The highest BCUT2D eigenvalue weighted by Gasteiger charge is 2.36. The van der Waals surface area contributed by atoms with Crippen LogP contribution in [-0.4, -0.2) is 129 Å². The summed E-state index contributed by atoms with van der Waals surface area (Å²) in [6.07, 6.45) is -3.28. The van der Waals surface area contributed by atoms with Crippen molar-refractivity contribution in [2.24, 2.45) is 11.3 Å². The predicted molar refractivity (Wildman–Crippen MR) is 401 cm³/mol. The highest BCUT2D eigenvalue weighted by Crippen LogP contribution is 2.41. The van der Waals surface area contributed by atoms with Gasteiger partial charge in [-0.1, -0.05) is 51.5 Å². The fourth-order valence-electron chi connectivity index (χ4n) is 14.3. The number of anilines is 4. The number of aromatic hydroxyl groups is 1. The minimum atomic E-state index is -4.57. The van der Waals surface area contributed by atoms with Gasteiger partial charge in [0.05, 0.1) is 55.9 Å². The van der Waals surface area contributed by atoms with Crippen LogP contribution in [0.25, 0.3) is 38.8 Å². The van der Waals surface area contributed by atoms with E-state index >= 15 is 0 Å². The summed E-state index contributed by atoms with van der Waals surface area (Å²) in [4.78, 5) is 81.4. The van der Waals surface area contributed by atoms with Crippen LogP contribution in [0.15, 0.2) is 152 Å². The number of ether oxygens (including phenoxy) is 1. The number of fused-ring (bicyclic) bond motifs is 3. The molecule has 0 radical (unpaired) electrons. The maximum Gasteiger partial charge on any atom is 0.416 e. The Morgan fingerprint density at radius 3 is 1.51 bits per heavy atom. The van der Waals surface area contributed by atoms with Gasteiger partial charge in [-0.25, -0.2) is 15.0 Å². The third-order valence-corrected chi connectivity index (χ3v) is 20.3. The summed E-state index contributed by atoms with van der Waals surface area (Å²) in [5.41, 5.74) is 2.24. The molecule has 2 saturated carbocycles. The van der Waals surface area contributed by atoms with E-state index in [2.05, 4.69) is 41.1 Å². The Balaban J connectivity index is 0.000000155. The highest BCUT2D eigenvalue weighted by molar-refractivity contribution is 6.06. The van der Waals surface area contributed by atoms with Crippen molar-refractivity contribution in [2.75, 3.05) is 60.7 Å². The van der Waals surface area contributed by atoms with Crippen LogP contribution < -0.4 is 26.0 Å². The molecule has 21 nitrogen and oxygen atoms in total. The second-order valence-corrected chi connectivity index (χ2v) is 29.4. The number of phenols is 1. The van der Waals surface area contributed by atoms with Crippen molar-refractivity contribution in [3.8, 4) is 17.2 Å². The van der Waals surface area contributed by atoms with Crippen molar-refractivity contribution >= 4 is 86.2 Å². The Morgan fingerprint density at radius 1 is 0.523 bits per heavy atom. The van der Waals surface area contributed by atoms with E-state index in [0.29, 0.717) is 91.0 Å². The standard InChI is InChI=1S/C28H27F3N4O3.C27H31F3N4O3.C26H27F3N4O3/c29-28(30,31)20-6-4-5-19(17-20)26(37)33-27-32-24-18-23(38-16-15-34-13-2-1-3-14-34)11-12-25(24)35(27)21-7-9-22(36)10-8-21;1-26(2,3)24(37)31-19-9-12-22-21(14-19)32-25(34(22)20-10-7-16(15-35)8-11-20)33-23(36)17-5-4-6-18(13-17)27(28,29)30;27-26(28,29)18-4-1-3-17(14-18)24(36)31-25-30-21-13-16(15-32-12-2-5-23(32)35)6-11-22(21)33(25)19-7-9-20(34)10-8-19/h4-12,17-18,36H,1-3,13-16H2,(H,32,33,37);4-6,9,12-14,16,20,35H,7-8,10-11,15H2,1-3H3,(H,31,37)(H,32,33,36);1,3-4,6,11,13-14,19-20,34H,2,5,7-10,12,15H2,(H,30,31,36). The quantitative estimate of drug-likeness (QED) is 0.0419. The molecule has 2 aliphatic carbocycles. The maximum absolute atomic E-state index is 13.2. The van der Waals surface area contributed by atoms with E-state index in [1.54, 1.807) is 60.6 Å². The van der Waals surface area contributed by atoms with Gasteiger partial charge in [0.1, 0.15) is 18.1 Å². The Kier molecular flexibility index (Phi) is 24.3. The third kappa shape index (κ3) is 19.7. The number of nitrogens with one attached hydrogen (secondary N) is 4. The number of benzene rings is 7. The summed E-state index contributed by atoms with van der Waals surface area (Å²) in [5, 5.41) is 40.2. The lowest BCUT2D eigenvalue weighted by Gasteiger charge is -2.29. The molecule has 0 unspecified atom stereocenters. The van der Waals surface area contributed by atoms with E-state index in [4.69, 9.17) is 4.74 Å². The molecule has 4 aliphatic rings. The van der Waals surface area contributed by atoms with Gasteiger partial charge >= 0.3 is 18.5 Å². The molecule has 4 fully saturated rings. The van der Waals surface area contributed by atoms with Gasteiger partial charge < -0.3 is 39.4 Å². The third-order valence-electron chi connectivity index (χ3n) is 20.3. The summed E-state index contributed by atoms with van der Waals surface area (Å²) < 4.78 is 130. The zero-order valence-electron chi connectivity index (χ0n) is 61.2. The van der Waals surface area contributed by atoms with Crippen LogP contribution in [0.3, 0.4) is 0 Å². The summed E-state index contributed by atoms with van der Waals surface area (Å²) >= 11 is 0. The Labute approximate surface area is 632 Å². The first-order chi connectivity index (χ1) is 52.8. The largest absolute Gasteiger partial charge is 0.508 e. The highest BCUT2D eigenvalue weighted by atomic mass is 19.4. The van der Waals surface area contributed by atoms with Crippen molar-refractivity contribution in [3.05, 3.63) is 191 Å². The van der Waals surface area contributed by atoms with Gasteiger partial charge in [-0.3, -0.25) is 49.4 Å². The predicted octanol–water partition coefficient (Wildman–Crippen LogP) is 16.8. The van der Waals surface area contributed by atoms with Gasteiger partial charge in [0.25, 0.3) is 17.7 Å². The number of carbonyl (C=O) groups excluding carboxylic acids is 5. The molecule has 0 atom stereocenters. The van der Waals surface area contributed by atoms with Gasteiger partial charge in [0.2, 0.25) is 29.7 Å². The summed E-state index contributed by atoms with van der Waals surface area (Å²) in [7, 11) is 0. The SMILES string of the molecule is CC(C)(C)C(=O)Nc1ccc2c(c1)nc(NC(=O)c1cccc(C(F)(F)F)c1)n2C1CCC(CO)CC1.O=C(Nc1nc2cc(CN3CCCC3=O)ccc2n1C1CCC(O)CC1)c1cccc(C(F)(F)F)c1.O=C(Nc1nc2cc(OCCN3CCCCC3)ccc2n1-c1ccc(O)cc1)c1cccc(C(F)(F)F)c1. The lowest BCUT2D eigenvalue weighted by atomic mass is 9.86. The van der Waals surface area contributed by atoms with Crippen molar-refractivity contribution in [2.45, 2.75) is 148 Å². The Morgan fingerprint density at radius 2 is 1.01 bits per heavy atom. The van der Waals surface area contributed by atoms with E-state index in [9.17, 15) is 78.8 Å². The first kappa shape index (κ1) is 79.7. The summed E-state index contributed by atoms with van der Waals surface area (Å²) in [6, 6.07) is 35.4. The van der Waals surface area contributed by atoms with Crippen LogP contribution in [0.4, 0.5) is 63.0 Å². The number of amides is 5. The number of phenolic OH excluding ortho intramolecular Hbond substituents is 1. The van der Waals surface area contributed by atoms with Gasteiger partial charge in [-0.05, 0) is 217 Å². The van der Waals surface area contributed by atoms with Gasteiger partial charge in [-0.2, -0.15) is 39.5 Å². The number of alkyl halides is 9. The van der Waals surface area contributed by atoms with Crippen LogP contribution >= 0.6 is 0 Å². The number of carbonyl (C=O) groups is 5. The first-order valence-corrected chi connectivity index (χ1v) is 36.9. The van der Waals surface area contributed by atoms with Crippen LogP contribution in [0.1, 0.15) is 170 Å². The second kappa shape index (κ2) is 33.8. The topological polar surface area (TPSA) is 263 Å². The van der Waals surface area contributed by atoms with E-state index in [1.165, 1.54) is 67.8 Å². The molecule has 7 N–H and O–H groups in total. The zero-order valence-corrected chi connectivity index (χ0v) is 61.2. The van der Waals surface area contributed by atoms with E-state index in [1.807, 2.05) is 45.5 Å². The van der Waals surface area contributed by atoms with E-state index < -0.39 is 58.4 Å². The zero-order chi connectivity index (χ0) is 79.1. The molecule has 30 heteroatoms. The molecule has 5 amide bonds. The molecule has 111 heavy (non-hydrogen) atoms. The molecule has 2 aliphatic heterocycles. The molecule has 3 aromatic heterocycles. The number of halogens is 9. The number of rotatable bonds is 17. The number of hydrogen-bond acceptors (Lipinski definition) is 13. The molecule has 7 aromatic carbocycles. The number of aliphatic hydroxyl groups excluding tert-OH is 2. The smallest absolute Gasteiger partial charge is 0.416 e. The van der Waals surface area contributed by atoms with Crippen LogP contribution in [0.5, 0.6) is 11.5 Å². The summed E-state index contributed by atoms with van der Waals surface area (Å²) in [6.45, 7) is 10.2. The minimum Gasteiger partial charge on any atom is -0.508 e. The first-order valence-electron chi connectivity index (χ1n) is 36.9. The van der Waals surface area contributed by atoms with Gasteiger partial charge in [0.15, 0.2) is 0 Å². The molecular weight excluding hydrogens is 1460 g/mol. The molecule has 2 saturated heterocycles. The fraction of sp³-hybridized carbons (Fsp3) is 0.383. The van der Waals surface area contributed by atoms with Crippen molar-refractivity contribution in [1.82, 2.24) is 38.5 Å². The lowest BCUT2D eigenvalue weighted by molar-refractivity contribution is -0.138. The van der Waals surface area contributed by atoms with Crippen molar-refractivity contribution in [3.63, 3.8) is 0 Å². The monoisotopic (exact) mass is 1540 g/mol. The average molecular weight is 1540 g/mol. The molecule has 5 heterocycles. The van der Waals surface area contributed by atoms with E-state index in [-0.39, 0.29) is 82.8 Å². The number of hydrogen-bond donors (Lipinski definition) is 7. The molecule has 0 bridgehead atoms. The van der Waals surface area contributed by atoms with Crippen LogP contribution in [0.2, 0.25) is 0 Å². The summed E-state index contributed by atoms with van der Waals surface area (Å²) in [5.74, 6) is -0.645. The molecule has 14 rings (SSSR count). The Bertz CT molecular complexity index is 5010. The number of nitrogens with zero attached hydrogens (tertiary/aromatic N) is 8. The fourth-order valence-corrected chi connectivity index (χ4v) is 14.3. The van der Waals surface area contributed by atoms with Gasteiger partial charge in [-0.15, -0.1) is 0 Å². The Hall–Kier alpha value is -10.9. The van der Waals surface area contributed by atoms with Crippen molar-refractivity contribution < 1.29 is 83.5 Å².